The number of unbranched alkanes of at least 4 members (excludes halogenated alkanes) is 3. The summed E-state index contributed by atoms with van der Waals surface area (Å²) in [6.45, 7) is 6.24. The van der Waals surface area contributed by atoms with Crippen LogP contribution in [-0.4, -0.2) is 34.1 Å². The van der Waals surface area contributed by atoms with Crippen molar-refractivity contribution >= 4 is 29.9 Å². The molecule has 0 aliphatic rings. The number of nitrogens with one attached hydrogen (secondary N) is 2. The van der Waals surface area contributed by atoms with Gasteiger partial charge in [0.15, 0.2) is 5.96 Å². The summed E-state index contributed by atoms with van der Waals surface area (Å²) in [5, 5.41) is 6.75. The molecule has 7 heteroatoms. The fraction of sp³-hybridized carbons (Fsp3) is 0.550. The summed E-state index contributed by atoms with van der Waals surface area (Å²) >= 11 is 0. The number of imidazole rings is 1. The van der Waals surface area contributed by atoms with Gasteiger partial charge in [-0.1, -0.05) is 39.5 Å². The largest absolute Gasteiger partial charge is 0.356 e. The molecular formula is C20H33IN6. The van der Waals surface area contributed by atoms with Crippen LogP contribution < -0.4 is 10.6 Å². The summed E-state index contributed by atoms with van der Waals surface area (Å²) in [6.07, 6.45) is 13.7. The Morgan fingerprint density at radius 1 is 1.15 bits per heavy atom. The van der Waals surface area contributed by atoms with E-state index < -0.39 is 0 Å². The van der Waals surface area contributed by atoms with Crippen molar-refractivity contribution < 1.29 is 0 Å². The van der Waals surface area contributed by atoms with E-state index in [9.17, 15) is 0 Å². The highest BCUT2D eigenvalue weighted by molar-refractivity contribution is 14.0. The van der Waals surface area contributed by atoms with Crippen LogP contribution in [0, 0.1) is 5.92 Å². The third-order valence-corrected chi connectivity index (χ3v) is 4.26. The average Bonchev–Trinajstić information content (AvgIpc) is 3.18. The molecule has 2 N–H and O–H groups in total. The Kier molecular flexibility index (Phi) is 11.7. The van der Waals surface area contributed by atoms with Gasteiger partial charge in [0.25, 0.3) is 0 Å². The smallest absolute Gasteiger partial charge is 0.191 e. The Balaban J connectivity index is 0.00000364. The predicted molar refractivity (Wildman–Crippen MR) is 123 cm³/mol. The maximum absolute atomic E-state index is 4.37. The fourth-order valence-electron chi connectivity index (χ4n) is 2.75. The van der Waals surface area contributed by atoms with Crippen molar-refractivity contribution in [3.63, 3.8) is 0 Å². The van der Waals surface area contributed by atoms with Crippen LogP contribution in [0.1, 0.15) is 51.5 Å². The maximum atomic E-state index is 4.37. The number of halogens is 1. The van der Waals surface area contributed by atoms with Gasteiger partial charge in [-0.25, -0.2) is 9.97 Å². The molecule has 0 radical (unpaired) electrons. The summed E-state index contributed by atoms with van der Waals surface area (Å²) in [4.78, 5) is 12.7. The number of nitrogens with zero attached hydrogens (tertiary/aromatic N) is 4. The normalized spacial score (nSPS) is 11.3. The molecule has 0 spiro atoms. The second kappa shape index (κ2) is 13.5. The molecule has 27 heavy (non-hydrogen) atoms. The molecule has 0 unspecified atom stereocenters. The highest BCUT2D eigenvalue weighted by Gasteiger charge is 2.02. The van der Waals surface area contributed by atoms with Crippen molar-refractivity contribution in [3.8, 4) is 5.82 Å². The molecule has 0 bridgehead atoms. The lowest BCUT2D eigenvalue weighted by molar-refractivity contribution is 0.518. The monoisotopic (exact) mass is 484 g/mol. The number of rotatable bonds is 10. The highest BCUT2D eigenvalue weighted by Crippen LogP contribution is 2.09. The SMILES string of the molecule is CN=C(NCCCCCCC(C)C)NCc1ccnc(-n2ccnc2)c1.I. The standard InChI is InChI=1S/C20H32N6.HI/c1-17(2)8-6-4-5-7-10-24-20(21-3)25-15-18-9-11-23-19(14-18)26-13-12-22-16-26;/h9,11-14,16-17H,4-8,10,15H2,1-3H3,(H2,21,24,25);1H. The maximum Gasteiger partial charge on any atom is 0.191 e. The molecule has 0 saturated carbocycles. The first-order valence-corrected chi connectivity index (χ1v) is 9.57. The van der Waals surface area contributed by atoms with Gasteiger partial charge < -0.3 is 10.6 Å². The van der Waals surface area contributed by atoms with Crippen LogP contribution >= 0.6 is 24.0 Å². The molecule has 150 valence electrons. The molecule has 0 atom stereocenters. The van der Waals surface area contributed by atoms with E-state index in [-0.39, 0.29) is 24.0 Å². The van der Waals surface area contributed by atoms with Gasteiger partial charge in [-0.2, -0.15) is 0 Å². The fourth-order valence-corrected chi connectivity index (χ4v) is 2.75. The minimum absolute atomic E-state index is 0. The number of aromatic nitrogens is 3. The van der Waals surface area contributed by atoms with Gasteiger partial charge in [-0.15, -0.1) is 24.0 Å². The van der Waals surface area contributed by atoms with Gasteiger partial charge in [-0.3, -0.25) is 9.56 Å². The third kappa shape index (κ3) is 9.21. The first-order chi connectivity index (χ1) is 12.7. The third-order valence-electron chi connectivity index (χ3n) is 4.26. The molecule has 6 nitrogen and oxygen atoms in total. The second-order valence-corrected chi connectivity index (χ2v) is 6.94. The van der Waals surface area contributed by atoms with E-state index in [0.717, 1.165) is 29.8 Å². The summed E-state index contributed by atoms with van der Waals surface area (Å²) in [6, 6.07) is 4.06. The zero-order valence-corrected chi connectivity index (χ0v) is 19.0. The van der Waals surface area contributed by atoms with Crippen molar-refractivity contribution in [2.24, 2.45) is 10.9 Å². The first-order valence-electron chi connectivity index (χ1n) is 9.57. The summed E-state index contributed by atoms with van der Waals surface area (Å²) in [7, 11) is 1.81. The summed E-state index contributed by atoms with van der Waals surface area (Å²) in [5.74, 6) is 2.53. The number of hydrogen-bond donors (Lipinski definition) is 2. The molecule has 0 saturated heterocycles. The van der Waals surface area contributed by atoms with Gasteiger partial charge in [0, 0.05) is 38.7 Å². The minimum Gasteiger partial charge on any atom is -0.356 e. The van der Waals surface area contributed by atoms with Gasteiger partial charge in [0.05, 0.1) is 0 Å². The van der Waals surface area contributed by atoms with Crippen molar-refractivity contribution in [3.05, 3.63) is 42.6 Å². The van der Waals surface area contributed by atoms with E-state index in [0.29, 0.717) is 6.54 Å². The Labute approximate surface area is 180 Å². The van der Waals surface area contributed by atoms with Crippen LogP contribution in [0.25, 0.3) is 5.82 Å². The number of hydrogen-bond acceptors (Lipinski definition) is 3. The molecule has 0 aliphatic heterocycles. The van der Waals surface area contributed by atoms with E-state index in [1.165, 1.54) is 32.1 Å². The van der Waals surface area contributed by atoms with Gasteiger partial charge in [0.1, 0.15) is 12.1 Å². The molecule has 2 heterocycles. The number of guanidine groups is 1. The van der Waals surface area contributed by atoms with E-state index in [4.69, 9.17) is 0 Å². The predicted octanol–water partition coefficient (Wildman–Crippen LogP) is 4.16. The lowest BCUT2D eigenvalue weighted by Crippen LogP contribution is -2.37. The van der Waals surface area contributed by atoms with Gasteiger partial charge in [-0.05, 0) is 30.0 Å². The molecule has 2 rings (SSSR count). The van der Waals surface area contributed by atoms with Crippen molar-refractivity contribution in [1.82, 2.24) is 25.2 Å². The zero-order valence-electron chi connectivity index (χ0n) is 16.7. The molecule has 0 aromatic carbocycles. The number of aliphatic imine (C=N–C) groups is 1. The van der Waals surface area contributed by atoms with Crippen LogP contribution in [-0.2, 0) is 6.54 Å². The zero-order chi connectivity index (χ0) is 18.6. The van der Waals surface area contributed by atoms with E-state index >= 15 is 0 Å². The summed E-state index contributed by atoms with van der Waals surface area (Å²) < 4.78 is 1.90. The Hall–Kier alpha value is -1.64. The molecule has 0 amide bonds. The quantitative estimate of drug-likeness (QED) is 0.230. The lowest BCUT2D eigenvalue weighted by Gasteiger charge is -2.12. The Bertz CT molecular complexity index is 654. The molecule has 0 aliphatic carbocycles. The first kappa shape index (κ1) is 23.4. The highest BCUT2D eigenvalue weighted by atomic mass is 127. The second-order valence-electron chi connectivity index (χ2n) is 6.94. The average molecular weight is 484 g/mol. The van der Waals surface area contributed by atoms with Crippen LogP contribution in [0.4, 0.5) is 0 Å². The van der Waals surface area contributed by atoms with Crippen LogP contribution in [0.15, 0.2) is 42.0 Å². The van der Waals surface area contributed by atoms with Crippen LogP contribution in [0.5, 0.6) is 0 Å². The van der Waals surface area contributed by atoms with Crippen LogP contribution in [0.3, 0.4) is 0 Å². The lowest BCUT2D eigenvalue weighted by atomic mass is 10.0. The van der Waals surface area contributed by atoms with Gasteiger partial charge >= 0.3 is 0 Å². The number of pyridine rings is 1. The van der Waals surface area contributed by atoms with Crippen molar-refractivity contribution in [2.45, 2.75) is 52.5 Å². The Morgan fingerprint density at radius 3 is 2.67 bits per heavy atom. The molecule has 2 aromatic rings. The molecule has 2 aromatic heterocycles. The van der Waals surface area contributed by atoms with Crippen molar-refractivity contribution in [2.75, 3.05) is 13.6 Å². The van der Waals surface area contributed by atoms with E-state index in [1.807, 2.05) is 23.0 Å². The topological polar surface area (TPSA) is 67.1 Å². The molecular weight excluding hydrogens is 451 g/mol. The Morgan fingerprint density at radius 2 is 1.96 bits per heavy atom. The molecule has 0 fully saturated rings. The van der Waals surface area contributed by atoms with Crippen LogP contribution in [0.2, 0.25) is 0 Å². The summed E-state index contributed by atoms with van der Waals surface area (Å²) in [5.41, 5.74) is 1.15. The van der Waals surface area contributed by atoms with Gasteiger partial charge in [0.2, 0.25) is 0 Å². The van der Waals surface area contributed by atoms with E-state index in [1.54, 1.807) is 19.6 Å². The minimum atomic E-state index is 0. The van der Waals surface area contributed by atoms with E-state index in [2.05, 4.69) is 45.5 Å². The van der Waals surface area contributed by atoms with Crippen molar-refractivity contribution in [1.29, 1.82) is 0 Å².